The van der Waals surface area contributed by atoms with Crippen LogP contribution in [-0.2, 0) is 9.53 Å². The summed E-state index contributed by atoms with van der Waals surface area (Å²) in [5, 5.41) is 4.20. The minimum Gasteiger partial charge on any atom is -0.463 e. The highest BCUT2D eigenvalue weighted by Gasteiger charge is 2.02. The van der Waals surface area contributed by atoms with E-state index in [4.69, 9.17) is 4.74 Å². The lowest BCUT2D eigenvalue weighted by atomic mass is 10.1. The zero-order valence-electron chi connectivity index (χ0n) is 11.5. The van der Waals surface area contributed by atoms with Gasteiger partial charge in [0.25, 0.3) is 0 Å². The summed E-state index contributed by atoms with van der Waals surface area (Å²) in [7, 11) is 0. The van der Waals surface area contributed by atoms with Gasteiger partial charge in [0.1, 0.15) is 0 Å². The van der Waals surface area contributed by atoms with Crippen LogP contribution in [-0.4, -0.2) is 22.4 Å². The highest BCUT2D eigenvalue weighted by molar-refractivity contribution is 5.87. The monoisotopic (exact) mass is 270 g/mol. The molecule has 104 valence electrons. The van der Waals surface area contributed by atoms with E-state index < -0.39 is 0 Å². The van der Waals surface area contributed by atoms with E-state index >= 15 is 0 Å². The molecule has 20 heavy (non-hydrogen) atoms. The van der Waals surface area contributed by atoms with Gasteiger partial charge in [-0.1, -0.05) is 31.5 Å². The van der Waals surface area contributed by atoms with E-state index in [0.717, 1.165) is 24.1 Å². The number of carbonyl (C=O) groups excluding carboxylic acids is 1. The fourth-order valence-electron chi connectivity index (χ4n) is 1.77. The number of unbranched alkanes of at least 4 members (excludes halogenated alkanes) is 1. The Morgan fingerprint density at radius 3 is 2.95 bits per heavy atom. The van der Waals surface area contributed by atoms with Crippen LogP contribution in [0.1, 0.15) is 25.3 Å². The summed E-state index contributed by atoms with van der Waals surface area (Å²) in [4.78, 5) is 11.6. The fourth-order valence-corrected chi connectivity index (χ4v) is 1.77. The first-order valence-electron chi connectivity index (χ1n) is 6.75. The maximum absolute atomic E-state index is 11.6. The number of rotatable bonds is 6. The molecule has 0 saturated heterocycles. The van der Waals surface area contributed by atoms with Crippen LogP contribution in [0.25, 0.3) is 11.8 Å². The molecule has 0 saturated carbocycles. The van der Waals surface area contributed by atoms with E-state index in [2.05, 4.69) is 12.0 Å². The molecular formula is C16H18N2O2. The topological polar surface area (TPSA) is 44.1 Å². The van der Waals surface area contributed by atoms with Crippen LogP contribution in [0.2, 0.25) is 0 Å². The third-order valence-corrected chi connectivity index (χ3v) is 2.83. The van der Waals surface area contributed by atoms with E-state index in [-0.39, 0.29) is 5.97 Å². The lowest BCUT2D eigenvalue weighted by Gasteiger charge is -2.05. The second kappa shape index (κ2) is 7.28. The summed E-state index contributed by atoms with van der Waals surface area (Å²) >= 11 is 0. The summed E-state index contributed by atoms with van der Waals surface area (Å²) < 4.78 is 6.85. The van der Waals surface area contributed by atoms with Gasteiger partial charge in [0, 0.05) is 24.0 Å². The SMILES string of the molecule is CCCCOC(=O)/C=C/c1ccccc1-n1cccn1. The molecule has 0 aliphatic rings. The first-order chi connectivity index (χ1) is 9.81. The predicted octanol–water partition coefficient (Wildman–Crippen LogP) is 3.23. The van der Waals surface area contributed by atoms with Crippen molar-refractivity contribution in [1.82, 2.24) is 9.78 Å². The largest absolute Gasteiger partial charge is 0.463 e. The Hall–Kier alpha value is -2.36. The molecule has 4 heteroatoms. The maximum atomic E-state index is 11.6. The van der Waals surface area contributed by atoms with Gasteiger partial charge in [0.15, 0.2) is 0 Å². The average Bonchev–Trinajstić information content (AvgIpc) is 3.00. The molecule has 0 fully saturated rings. The highest BCUT2D eigenvalue weighted by atomic mass is 16.5. The van der Waals surface area contributed by atoms with Crippen molar-refractivity contribution < 1.29 is 9.53 Å². The molecule has 0 bridgehead atoms. The number of carbonyl (C=O) groups is 1. The number of ether oxygens (including phenoxy) is 1. The third kappa shape index (κ3) is 3.82. The second-order valence-corrected chi connectivity index (χ2v) is 4.36. The van der Waals surface area contributed by atoms with Gasteiger partial charge in [0.05, 0.1) is 12.3 Å². The van der Waals surface area contributed by atoms with Crippen LogP contribution in [0.4, 0.5) is 0 Å². The number of hydrogen-bond acceptors (Lipinski definition) is 3. The van der Waals surface area contributed by atoms with E-state index in [1.54, 1.807) is 17.0 Å². The van der Waals surface area contributed by atoms with Gasteiger partial charge in [0.2, 0.25) is 0 Å². The minimum atomic E-state index is -0.311. The molecule has 0 amide bonds. The minimum absolute atomic E-state index is 0.311. The molecule has 0 aliphatic carbocycles. The van der Waals surface area contributed by atoms with E-state index in [9.17, 15) is 4.79 Å². The Kier molecular flexibility index (Phi) is 5.12. The van der Waals surface area contributed by atoms with Crippen molar-refractivity contribution in [3.05, 3.63) is 54.4 Å². The molecule has 0 N–H and O–H groups in total. The molecular weight excluding hydrogens is 252 g/mol. The van der Waals surface area contributed by atoms with Crippen molar-refractivity contribution in [2.24, 2.45) is 0 Å². The maximum Gasteiger partial charge on any atom is 0.330 e. The van der Waals surface area contributed by atoms with Gasteiger partial charge < -0.3 is 4.74 Å². The van der Waals surface area contributed by atoms with Crippen molar-refractivity contribution in [2.75, 3.05) is 6.61 Å². The standard InChI is InChI=1S/C16H18N2O2/c1-2-3-13-20-16(19)10-9-14-7-4-5-8-15(14)18-12-6-11-17-18/h4-12H,2-3,13H2,1H3/b10-9+. The first-order valence-corrected chi connectivity index (χ1v) is 6.75. The number of aromatic nitrogens is 2. The Bertz CT molecular complexity index is 574. The van der Waals surface area contributed by atoms with Crippen LogP contribution in [0.5, 0.6) is 0 Å². The normalized spacial score (nSPS) is 10.8. The van der Waals surface area contributed by atoms with Crippen LogP contribution in [0.3, 0.4) is 0 Å². The number of esters is 1. The van der Waals surface area contributed by atoms with Gasteiger partial charge in [-0.15, -0.1) is 0 Å². The lowest BCUT2D eigenvalue weighted by molar-refractivity contribution is -0.137. The molecule has 1 heterocycles. The Labute approximate surface area is 118 Å². The Balaban J connectivity index is 2.08. The van der Waals surface area contributed by atoms with Gasteiger partial charge in [-0.25, -0.2) is 9.48 Å². The van der Waals surface area contributed by atoms with Crippen LogP contribution < -0.4 is 0 Å². The fraction of sp³-hybridized carbons (Fsp3) is 0.250. The van der Waals surface area contributed by atoms with Crippen molar-refractivity contribution in [3.8, 4) is 5.69 Å². The predicted molar refractivity (Wildman–Crippen MR) is 78.5 cm³/mol. The average molecular weight is 270 g/mol. The number of hydrogen-bond donors (Lipinski definition) is 0. The molecule has 2 rings (SSSR count). The smallest absolute Gasteiger partial charge is 0.330 e. The number of benzene rings is 1. The summed E-state index contributed by atoms with van der Waals surface area (Å²) in [5.41, 5.74) is 1.85. The Morgan fingerprint density at radius 1 is 1.35 bits per heavy atom. The van der Waals surface area contributed by atoms with Crippen molar-refractivity contribution in [1.29, 1.82) is 0 Å². The summed E-state index contributed by atoms with van der Waals surface area (Å²) in [6.07, 6.45) is 8.71. The number of para-hydroxylation sites is 1. The quantitative estimate of drug-likeness (QED) is 0.460. The molecule has 1 aromatic carbocycles. The lowest BCUT2D eigenvalue weighted by Crippen LogP contribution is -2.02. The summed E-state index contributed by atoms with van der Waals surface area (Å²) in [6.45, 7) is 2.53. The highest BCUT2D eigenvalue weighted by Crippen LogP contribution is 2.15. The molecule has 1 aromatic heterocycles. The molecule has 0 radical (unpaired) electrons. The molecule has 0 unspecified atom stereocenters. The van der Waals surface area contributed by atoms with Gasteiger partial charge in [-0.2, -0.15) is 5.10 Å². The van der Waals surface area contributed by atoms with Crippen LogP contribution >= 0.6 is 0 Å². The molecule has 0 spiro atoms. The second-order valence-electron chi connectivity index (χ2n) is 4.36. The van der Waals surface area contributed by atoms with Crippen molar-refractivity contribution >= 4 is 12.0 Å². The molecule has 4 nitrogen and oxygen atoms in total. The van der Waals surface area contributed by atoms with E-state index in [1.165, 1.54) is 6.08 Å². The first kappa shape index (κ1) is 14.1. The molecule has 0 aliphatic heterocycles. The van der Waals surface area contributed by atoms with Crippen LogP contribution in [0, 0.1) is 0 Å². The van der Waals surface area contributed by atoms with Gasteiger partial charge >= 0.3 is 5.97 Å². The van der Waals surface area contributed by atoms with Crippen molar-refractivity contribution in [2.45, 2.75) is 19.8 Å². The van der Waals surface area contributed by atoms with Crippen molar-refractivity contribution in [3.63, 3.8) is 0 Å². The zero-order valence-corrected chi connectivity index (χ0v) is 11.5. The molecule has 2 aromatic rings. The van der Waals surface area contributed by atoms with Gasteiger partial charge in [-0.05, 0) is 24.6 Å². The van der Waals surface area contributed by atoms with Gasteiger partial charge in [-0.3, -0.25) is 0 Å². The zero-order chi connectivity index (χ0) is 14.2. The summed E-state index contributed by atoms with van der Waals surface area (Å²) in [6, 6.07) is 9.62. The number of nitrogens with zero attached hydrogens (tertiary/aromatic N) is 2. The molecule has 0 atom stereocenters. The third-order valence-electron chi connectivity index (χ3n) is 2.83. The van der Waals surface area contributed by atoms with E-state index in [1.807, 2.05) is 36.5 Å². The van der Waals surface area contributed by atoms with Crippen LogP contribution in [0.15, 0.2) is 48.8 Å². The Morgan fingerprint density at radius 2 is 2.20 bits per heavy atom. The summed E-state index contributed by atoms with van der Waals surface area (Å²) in [5.74, 6) is -0.311. The van der Waals surface area contributed by atoms with E-state index in [0.29, 0.717) is 6.61 Å².